The second kappa shape index (κ2) is 2.77. The van der Waals surface area contributed by atoms with E-state index >= 15 is 0 Å². The van der Waals surface area contributed by atoms with Crippen LogP contribution in [0.4, 0.5) is 10.1 Å². The van der Waals surface area contributed by atoms with Gasteiger partial charge in [-0.15, -0.1) is 0 Å². The number of nitro benzene ring substituents is 1. The number of nitrogens with one attached hydrogen (secondary N) is 1. The van der Waals surface area contributed by atoms with E-state index in [-0.39, 0.29) is 17.5 Å². The maximum atomic E-state index is 13.1. The van der Waals surface area contributed by atoms with Crippen LogP contribution in [0.1, 0.15) is 11.6 Å². The minimum absolute atomic E-state index is 0.0418. The van der Waals surface area contributed by atoms with Gasteiger partial charge in [0.1, 0.15) is 5.82 Å². The Morgan fingerprint density at radius 2 is 2.31 bits per heavy atom. The molecule has 0 saturated carbocycles. The van der Waals surface area contributed by atoms with Crippen molar-refractivity contribution in [2.24, 2.45) is 0 Å². The average Bonchev–Trinajstić information content (AvgIpc) is 2.87. The first-order valence-electron chi connectivity index (χ1n) is 3.85. The van der Waals surface area contributed by atoms with Crippen molar-refractivity contribution in [3.8, 4) is 0 Å². The Balaban J connectivity index is 2.41. The van der Waals surface area contributed by atoms with Crippen LogP contribution in [-0.2, 0) is 0 Å². The van der Waals surface area contributed by atoms with Gasteiger partial charge in [0.05, 0.1) is 4.92 Å². The van der Waals surface area contributed by atoms with Crippen LogP contribution < -0.4 is 5.32 Å². The highest BCUT2D eigenvalue weighted by molar-refractivity contribution is 5.38. The van der Waals surface area contributed by atoms with Crippen molar-refractivity contribution in [2.75, 3.05) is 6.54 Å². The molecule has 0 unspecified atom stereocenters. The predicted molar refractivity (Wildman–Crippen MR) is 43.8 cm³/mol. The van der Waals surface area contributed by atoms with Gasteiger partial charge in [-0.25, -0.2) is 4.39 Å². The molecule has 0 spiro atoms. The van der Waals surface area contributed by atoms with Gasteiger partial charge in [-0.2, -0.15) is 0 Å². The Kier molecular flexibility index (Phi) is 1.73. The molecule has 0 amide bonds. The van der Waals surface area contributed by atoms with Crippen molar-refractivity contribution in [1.29, 1.82) is 0 Å². The molecule has 0 aliphatic carbocycles. The van der Waals surface area contributed by atoms with Crippen LogP contribution in [0.3, 0.4) is 0 Å². The fourth-order valence-corrected chi connectivity index (χ4v) is 1.19. The molecule has 5 heteroatoms. The molecule has 1 saturated heterocycles. The maximum Gasteiger partial charge on any atom is 0.269 e. The van der Waals surface area contributed by atoms with E-state index in [1.165, 1.54) is 12.1 Å². The number of rotatable bonds is 2. The maximum absolute atomic E-state index is 13.1. The molecule has 2 rings (SSSR count). The molecular weight excluding hydrogens is 175 g/mol. The van der Waals surface area contributed by atoms with Gasteiger partial charge in [0.15, 0.2) is 0 Å². The van der Waals surface area contributed by atoms with Crippen molar-refractivity contribution < 1.29 is 9.31 Å². The van der Waals surface area contributed by atoms with Crippen molar-refractivity contribution in [3.63, 3.8) is 0 Å². The first-order chi connectivity index (χ1) is 6.18. The molecule has 1 aromatic rings. The van der Waals surface area contributed by atoms with E-state index in [9.17, 15) is 14.5 Å². The highest BCUT2D eigenvalue weighted by Crippen LogP contribution is 2.27. The first kappa shape index (κ1) is 8.12. The van der Waals surface area contributed by atoms with Gasteiger partial charge in [0, 0.05) is 30.3 Å². The Labute approximate surface area is 73.5 Å². The molecule has 1 N–H and O–H groups in total. The summed E-state index contributed by atoms with van der Waals surface area (Å²) in [4.78, 5) is 9.85. The fraction of sp³-hybridized carbons (Fsp3) is 0.250. The number of halogens is 1. The fourth-order valence-electron chi connectivity index (χ4n) is 1.19. The van der Waals surface area contributed by atoms with E-state index in [1.807, 2.05) is 0 Å². The van der Waals surface area contributed by atoms with Gasteiger partial charge in [-0.05, 0) is 6.07 Å². The van der Waals surface area contributed by atoms with E-state index in [1.54, 1.807) is 0 Å². The normalized spacial score (nSPS) is 19.9. The Hall–Kier alpha value is -1.49. The molecule has 4 nitrogen and oxygen atoms in total. The Morgan fingerprint density at radius 3 is 2.85 bits per heavy atom. The van der Waals surface area contributed by atoms with Crippen LogP contribution in [-0.4, -0.2) is 11.5 Å². The van der Waals surface area contributed by atoms with Gasteiger partial charge in [0.2, 0.25) is 0 Å². The van der Waals surface area contributed by atoms with Crippen LogP contribution >= 0.6 is 0 Å². The van der Waals surface area contributed by atoms with E-state index in [2.05, 4.69) is 5.32 Å². The van der Waals surface area contributed by atoms with Gasteiger partial charge in [-0.1, -0.05) is 0 Å². The Bertz CT molecular complexity index is 363. The van der Waals surface area contributed by atoms with Crippen molar-refractivity contribution in [3.05, 3.63) is 39.7 Å². The van der Waals surface area contributed by atoms with E-state index in [0.717, 1.165) is 6.07 Å². The third-order valence-electron chi connectivity index (χ3n) is 1.97. The highest BCUT2D eigenvalue weighted by Gasteiger charge is 2.27. The zero-order valence-electron chi connectivity index (χ0n) is 6.66. The summed E-state index contributed by atoms with van der Waals surface area (Å²) in [5, 5.41) is 13.3. The SMILES string of the molecule is O=[N+]([O-])c1ccc(F)c([C@H]2CN2)c1. The summed E-state index contributed by atoms with van der Waals surface area (Å²) in [6.45, 7) is 0.693. The zero-order chi connectivity index (χ0) is 9.42. The van der Waals surface area contributed by atoms with Gasteiger partial charge in [-0.3, -0.25) is 10.1 Å². The molecule has 1 atom stereocenters. The Morgan fingerprint density at radius 1 is 1.62 bits per heavy atom. The lowest BCUT2D eigenvalue weighted by atomic mass is 10.1. The third kappa shape index (κ3) is 1.50. The summed E-state index contributed by atoms with van der Waals surface area (Å²) >= 11 is 0. The van der Waals surface area contributed by atoms with Crippen LogP contribution in [0.2, 0.25) is 0 Å². The molecule has 1 aliphatic heterocycles. The minimum atomic E-state index is -0.522. The van der Waals surface area contributed by atoms with Crippen molar-refractivity contribution in [2.45, 2.75) is 6.04 Å². The molecule has 0 bridgehead atoms. The number of nitro groups is 1. The number of benzene rings is 1. The molecular formula is C8H7FN2O2. The zero-order valence-corrected chi connectivity index (χ0v) is 6.66. The minimum Gasteiger partial charge on any atom is -0.307 e. The van der Waals surface area contributed by atoms with Crippen LogP contribution in [0.15, 0.2) is 18.2 Å². The average molecular weight is 182 g/mol. The summed E-state index contributed by atoms with van der Waals surface area (Å²) in [7, 11) is 0. The molecule has 1 heterocycles. The third-order valence-corrected chi connectivity index (χ3v) is 1.97. The molecule has 1 aromatic carbocycles. The lowest BCUT2D eigenvalue weighted by Gasteiger charge is -1.98. The summed E-state index contributed by atoms with van der Waals surface area (Å²) in [5.41, 5.74) is 0.319. The standard InChI is InChI=1S/C8H7FN2O2/c9-7-2-1-5(11(12)13)3-6(7)8-4-10-8/h1-3,8,10H,4H2/t8-/m1/s1. The molecule has 68 valence electrons. The largest absolute Gasteiger partial charge is 0.307 e. The number of non-ortho nitro benzene ring substituents is 1. The first-order valence-corrected chi connectivity index (χ1v) is 3.85. The molecule has 13 heavy (non-hydrogen) atoms. The lowest BCUT2D eigenvalue weighted by molar-refractivity contribution is -0.385. The van der Waals surface area contributed by atoms with Crippen LogP contribution in [0, 0.1) is 15.9 Å². The highest BCUT2D eigenvalue weighted by atomic mass is 19.1. The monoisotopic (exact) mass is 182 g/mol. The predicted octanol–water partition coefficient (Wildman–Crippen LogP) is 1.38. The van der Waals surface area contributed by atoms with Crippen molar-refractivity contribution in [1.82, 2.24) is 5.32 Å². The van der Waals surface area contributed by atoms with Gasteiger partial charge in [0.25, 0.3) is 5.69 Å². The van der Waals surface area contributed by atoms with E-state index < -0.39 is 4.92 Å². The smallest absolute Gasteiger partial charge is 0.269 e. The van der Waals surface area contributed by atoms with Crippen LogP contribution in [0.25, 0.3) is 0 Å². The van der Waals surface area contributed by atoms with Crippen LogP contribution in [0.5, 0.6) is 0 Å². The molecule has 0 aromatic heterocycles. The number of hydrogen-bond donors (Lipinski definition) is 1. The lowest BCUT2D eigenvalue weighted by Crippen LogP contribution is -1.94. The second-order valence-corrected chi connectivity index (χ2v) is 2.92. The summed E-state index contributed by atoms with van der Waals surface area (Å²) in [6.07, 6.45) is 0. The topological polar surface area (TPSA) is 65.1 Å². The molecule has 0 radical (unpaired) electrons. The summed E-state index contributed by atoms with van der Waals surface area (Å²) in [6, 6.07) is 3.54. The quantitative estimate of drug-likeness (QED) is 0.427. The summed E-state index contributed by atoms with van der Waals surface area (Å²) in [5.74, 6) is -0.388. The molecule has 1 aliphatic rings. The van der Waals surface area contributed by atoms with Crippen molar-refractivity contribution >= 4 is 5.69 Å². The van der Waals surface area contributed by atoms with E-state index in [0.29, 0.717) is 12.1 Å². The summed E-state index contributed by atoms with van der Waals surface area (Å²) < 4.78 is 13.1. The number of hydrogen-bond acceptors (Lipinski definition) is 3. The number of nitrogens with zero attached hydrogens (tertiary/aromatic N) is 1. The van der Waals surface area contributed by atoms with Gasteiger partial charge >= 0.3 is 0 Å². The van der Waals surface area contributed by atoms with E-state index in [4.69, 9.17) is 0 Å². The molecule has 1 fully saturated rings. The second-order valence-electron chi connectivity index (χ2n) is 2.92. The van der Waals surface area contributed by atoms with Gasteiger partial charge < -0.3 is 5.32 Å².